The van der Waals surface area contributed by atoms with Gasteiger partial charge in [-0.15, -0.1) is 0 Å². The Morgan fingerprint density at radius 1 is 0.733 bits per heavy atom. The minimum absolute atomic E-state index is 0.449. The lowest BCUT2D eigenvalue weighted by atomic mass is 10.2. The van der Waals surface area contributed by atoms with E-state index in [-0.39, 0.29) is 0 Å². The third-order valence-corrected chi connectivity index (χ3v) is 4.21. The lowest BCUT2D eigenvalue weighted by Crippen LogP contribution is -2.06. The summed E-state index contributed by atoms with van der Waals surface area (Å²) in [5.41, 5.74) is 1.82. The number of benzene rings is 3. The van der Waals surface area contributed by atoms with Crippen molar-refractivity contribution in [2.24, 2.45) is 0 Å². The van der Waals surface area contributed by atoms with Gasteiger partial charge in [-0.3, -0.25) is 0 Å². The molecular formula is C25H24O5. The fourth-order valence-electron chi connectivity index (χ4n) is 2.76. The van der Waals surface area contributed by atoms with E-state index in [0.29, 0.717) is 43.5 Å². The van der Waals surface area contributed by atoms with Crippen molar-refractivity contribution in [3.63, 3.8) is 0 Å². The Bertz CT molecular complexity index is 966. The zero-order valence-corrected chi connectivity index (χ0v) is 16.6. The molecule has 0 radical (unpaired) electrons. The van der Waals surface area contributed by atoms with Crippen LogP contribution in [0.2, 0.25) is 0 Å². The molecule has 0 aliphatic rings. The predicted octanol–water partition coefficient (Wildman–Crippen LogP) is 5.21. The fourth-order valence-corrected chi connectivity index (χ4v) is 2.76. The summed E-state index contributed by atoms with van der Waals surface area (Å²) in [6.45, 7) is 1.40. The molecule has 0 spiro atoms. The van der Waals surface area contributed by atoms with Crippen molar-refractivity contribution in [3.8, 4) is 17.2 Å². The first-order chi connectivity index (χ1) is 14.7. The first kappa shape index (κ1) is 21.0. The second kappa shape index (κ2) is 11.3. The normalized spacial score (nSPS) is 10.7. The van der Waals surface area contributed by atoms with Crippen molar-refractivity contribution in [3.05, 3.63) is 96.1 Å². The van der Waals surface area contributed by atoms with Gasteiger partial charge in [-0.2, -0.15) is 0 Å². The van der Waals surface area contributed by atoms with Crippen molar-refractivity contribution in [2.45, 2.75) is 13.0 Å². The van der Waals surface area contributed by atoms with Gasteiger partial charge >= 0.3 is 5.97 Å². The molecule has 3 aromatic carbocycles. The van der Waals surface area contributed by atoms with Gasteiger partial charge in [-0.25, -0.2) is 4.79 Å². The van der Waals surface area contributed by atoms with Crippen LogP contribution in [-0.2, 0) is 11.4 Å². The van der Waals surface area contributed by atoms with Gasteiger partial charge in [-0.05, 0) is 29.8 Å². The molecule has 5 nitrogen and oxygen atoms in total. The number of aliphatic carboxylic acids is 1. The van der Waals surface area contributed by atoms with Crippen LogP contribution in [0, 0.1) is 0 Å². The third kappa shape index (κ3) is 6.71. The summed E-state index contributed by atoms with van der Waals surface area (Å²) >= 11 is 0. The van der Waals surface area contributed by atoms with E-state index in [9.17, 15) is 4.79 Å². The highest BCUT2D eigenvalue weighted by atomic mass is 16.5. The van der Waals surface area contributed by atoms with Crippen molar-refractivity contribution < 1.29 is 24.1 Å². The maximum atomic E-state index is 10.7. The van der Waals surface area contributed by atoms with Gasteiger partial charge in [0.2, 0.25) is 0 Å². The molecule has 3 aromatic rings. The first-order valence-electron chi connectivity index (χ1n) is 9.74. The quantitative estimate of drug-likeness (QED) is 0.351. The first-order valence-corrected chi connectivity index (χ1v) is 9.74. The van der Waals surface area contributed by atoms with Crippen LogP contribution in [0.1, 0.15) is 17.5 Å². The Kier molecular flexibility index (Phi) is 7.92. The SMILES string of the molecule is O=C(O)C=Cc1ccccc1OCCCOc1ccccc1OCc1ccccc1. The van der Waals surface area contributed by atoms with Crippen molar-refractivity contribution in [1.29, 1.82) is 0 Å². The zero-order chi connectivity index (χ0) is 21.0. The number of carboxylic acids is 1. The second-order valence-electron chi connectivity index (χ2n) is 6.48. The summed E-state index contributed by atoms with van der Waals surface area (Å²) < 4.78 is 17.6. The largest absolute Gasteiger partial charge is 0.493 e. The van der Waals surface area contributed by atoms with Crippen LogP contribution in [-0.4, -0.2) is 24.3 Å². The summed E-state index contributed by atoms with van der Waals surface area (Å²) in [6, 6.07) is 24.9. The molecule has 0 saturated heterocycles. The monoisotopic (exact) mass is 404 g/mol. The van der Waals surface area contributed by atoms with Gasteiger partial charge in [0.25, 0.3) is 0 Å². The van der Waals surface area contributed by atoms with Crippen LogP contribution in [0.5, 0.6) is 17.2 Å². The molecule has 5 heteroatoms. The second-order valence-corrected chi connectivity index (χ2v) is 6.48. The highest BCUT2D eigenvalue weighted by Gasteiger charge is 2.05. The molecular weight excluding hydrogens is 380 g/mol. The van der Waals surface area contributed by atoms with E-state index in [2.05, 4.69) is 0 Å². The van der Waals surface area contributed by atoms with Gasteiger partial charge in [-0.1, -0.05) is 60.7 Å². The molecule has 0 bridgehead atoms. The minimum atomic E-state index is -0.994. The Morgan fingerprint density at radius 3 is 2.00 bits per heavy atom. The number of para-hydroxylation sites is 3. The van der Waals surface area contributed by atoms with Crippen molar-refractivity contribution >= 4 is 12.0 Å². The smallest absolute Gasteiger partial charge is 0.328 e. The number of hydrogen-bond donors (Lipinski definition) is 1. The van der Waals surface area contributed by atoms with Gasteiger partial charge in [0.05, 0.1) is 13.2 Å². The maximum Gasteiger partial charge on any atom is 0.328 e. The molecule has 0 atom stereocenters. The molecule has 0 aliphatic carbocycles. The summed E-state index contributed by atoms with van der Waals surface area (Å²) in [7, 11) is 0. The summed E-state index contributed by atoms with van der Waals surface area (Å²) in [4.78, 5) is 10.7. The standard InChI is InChI=1S/C25H24O5/c26-25(27)16-15-21-11-4-5-12-22(21)28-17-8-18-29-23-13-6-7-14-24(23)30-19-20-9-2-1-3-10-20/h1-7,9-16H,8,17-19H2,(H,26,27). The van der Waals surface area contributed by atoms with Crippen LogP contribution < -0.4 is 14.2 Å². The highest BCUT2D eigenvalue weighted by molar-refractivity contribution is 5.85. The van der Waals surface area contributed by atoms with Crippen molar-refractivity contribution in [2.75, 3.05) is 13.2 Å². The molecule has 154 valence electrons. The Balaban J connectivity index is 1.47. The Hall–Kier alpha value is -3.73. The molecule has 0 aliphatic heterocycles. The predicted molar refractivity (Wildman–Crippen MR) is 116 cm³/mol. The molecule has 0 amide bonds. The van der Waals surface area contributed by atoms with E-state index in [4.69, 9.17) is 19.3 Å². The number of carboxylic acid groups (broad SMARTS) is 1. The number of rotatable bonds is 11. The van der Waals surface area contributed by atoms with Gasteiger partial charge in [0.1, 0.15) is 12.4 Å². The lowest BCUT2D eigenvalue weighted by molar-refractivity contribution is -0.131. The van der Waals surface area contributed by atoms with Crippen LogP contribution in [0.3, 0.4) is 0 Å². The molecule has 1 N–H and O–H groups in total. The van der Waals surface area contributed by atoms with Crippen LogP contribution >= 0.6 is 0 Å². The highest BCUT2D eigenvalue weighted by Crippen LogP contribution is 2.27. The van der Waals surface area contributed by atoms with Crippen LogP contribution in [0.4, 0.5) is 0 Å². The molecule has 0 fully saturated rings. The topological polar surface area (TPSA) is 65.0 Å². The Morgan fingerprint density at radius 2 is 1.30 bits per heavy atom. The van der Waals surface area contributed by atoms with Crippen LogP contribution in [0.25, 0.3) is 6.08 Å². The molecule has 0 saturated carbocycles. The van der Waals surface area contributed by atoms with E-state index in [1.54, 1.807) is 0 Å². The molecule has 3 rings (SSSR count). The molecule has 0 unspecified atom stereocenters. The van der Waals surface area contributed by atoms with Crippen LogP contribution in [0.15, 0.2) is 84.9 Å². The van der Waals surface area contributed by atoms with Gasteiger partial charge < -0.3 is 19.3 Å². The summed E-state index contributed by atoms with van der Waals surface area (Å²) in [5, 5.41) is 8.79. The van der Waals surface area contributed by atoms with E-state index in [0.717, 1.165) is 17.2 Å². The molecule has 30 heavy (non-hydrogen) atoms. The van der Waals surface area contributed by atoms with E-state index < -0.39 is 5.97 Å². The summed E-state index contributed by atoms with van der Waals surface area (Å²) in [5.74, 6) is 1.04. The minimum Gasteiger partial charge on any atom is -0.493 e. The number of ether oxygens (including phenoxy) is 3. The van der Waals surface area contributed by atoms with E-state index in [1.807, 2.05) is 78.9 Å². The van der Waals surface area contributed by atoms with Crippen molar-refractivity contribution in [1.82, 2.24) is 0 Å². The summed E-state index contributed by atoms with van der Waals surface area (Å²) in [6.07, 6.45) is 3.29. The number of hydrogen-bond acceptors (Lipinski definition) is 4. The average Bonchev–Trinajstić information content (AvgIpc) is 2.78. The van der Waals surface area contributed by atoms with E-state index >= 15 is 0 Å². The zero-order valence-electron chi connectivity index (χ0n) is 16.6. The average molecular weight is 404 g/mol. The molecule has 0 heterocycles. The fraction of sp³-hybridized carbons (Fsp3) is 0.160. The Labute approximate surface area is 176 Å². The van der Waals surface area contributed by atoms with Gasteiger partial charge in [0, 0.05) is 18.1 Å². The van der Waals surface area contributed by atoms with E-state index in [1.165, 1.54) is 6.08 Å². The number of carbonyl (C=O) groups is 1. The molecule has 0 aromatic heterocycles. The maximum absolute atomic E-state index is 10.7. The van der Waals surface area contributed by atoms with Gasteiger partial charge in [0.15, 0.2) is 11.5 Å². The lowest BCUT2D eigenvalue weighted by Gasteiger charge is -2.13. The third-order valence-electron chi connectivity index (χ3n) is 4.21.